The van der Waals surface area contributed by atoms with E-state index in [-0.39, 0.29) is 25.6 Å². The fourth-order valence-electron chi connectivity index (χ4n) is 2.23. The van der Waals surface area contributed by atoms with Gasteiger partial charge < -0.3 is 25.0 Å². The molecule has 0 aliphatic heterocycles. The van der Waals surface area contributed by atoms with Crippen LogP contribution < -0.4 is 20.1 Å². The van der Waals surface area contributed by atoms with Gasteiger partial charge >= 0.3 is 0 Å². The molecule has 0 radical (unpaired) electrons. The van der Waals surface area contributed by atoms with Gasteiger partial charge in [-0.05, 0) is 24.3 Å². The Morgan fingerprint density at radius 3 is 2.39 bits per heavy atom. The van der Waals surface area contributed by atoms with Crippen molar-refractivity contribution in [1.29, 1.82) is 0 Å². The number of methoxy groups -OCH3 is 1. The van der Waals surface area contributed by atoms with E-state index in [4.69, 9.17) is 9.47 Å². The van der Waals surface area contributed by atoms with Crippen LogP contribution in [0.15, 0.2) is 54.6 Å². The maximum atomic E-state index is 12.1. The number of likely N-dealkylation sites (N-methyl/N-ethyl adjacent to an activating group) is 1. The number of carbonyl (C=O) groups excluding carboxylic acids is 3. The van der Waals surface area contributed by atoms with Crippen molar-refractivity contribution >= 4 is 23.4 Å². The number of nitrogens with one attached hydrogen (secondary N) is 2. The number of hydrogen-bond acceptors (Lipinski definition) is 5. The van der Waals surface area contributed by atoms with Gasteiger partial charge in [-0.15, -0.1) is 0 Å². The minimum absolute atomic E-state index is 0.146. The number of amides is 3. The lowest BCUT2D eigenvalue weighted by Gasteiger charge is -2.17. The number of benzene rings is 2. The van der Waals surface area contributed by atoms with Crippen molar-refractivity contribution in [2.75, 3.05) is 39.2 Å². The third kappa shape index (κ3) is 6.99. The molecular weight excluding hydrogens is 362 g/mol. The summed E-state index contributed by atoms with van der Waals surface area (Å²) in [6.45, 7) is -0.566. The number of ether oxygens (including phenoxy) is 2. The van der Waals surface area contributed by atoms with Crippen LogP contribution in [-0.4, -0.2) is 56.5 Å². The van der Waals surface area contributed by atoms with E-state index in [0.717, 1.165) is 0 Å². The summed E-state index contributed by atoms with van der Waals surface area (Å²) in [5, 5.41) is 5.15. The van der Waals surface area contributed by atoms with Gasteiger partial charge in [0.1, 0.15) is 11.5 Å². The van der Waals surface area contributed by atoms with Crippen molar-refractivity contribution in [3.63, 3.8) is 0 Å². The molecule has 3 amide bonds. The molecule has 0 unspecified atom stereocenters. The minimum Gasteiger partial charge on any atom is -0.497 e. The van der Waals surface area contributed by atoms with E-state index >= 15 is 0 Å². The molecule has 8 nitrogen and oxygen atoms in total. The second kappa shape index (κ2) is 10.6. The van der Waals surface area contributed by atoms with E-state index in [9.17, 15) is 14.4 Å². The van der Waals surface area contributed by atoms with Crippen LogP contribution in [0.25, 0.3) is 0 Å². The summed E-state index contributed by atoms with van der Waals surface area (Å²) in [5.41, 5.74) is 0.566. The maximum absolute atomic E-state index is 12.1. The van der Waals surface area contributed by atoms with Crippen molar-refractivity contribution in [1.82, 2.24) is 10.2 Å². The number of para-hydroxylation sites is 1. The van der Waals surface area contributed by atoms with Crippen LogP contribution >= 0.6 is 0 Å². The fraction of sp³-hybridized carbons (Fsp3) is 0.250. The predicted molar refractivity (Wildman–Crippen MR) is 104 cm³/mol. The standard InChI is InChI=1S/C20H23N3O5/c1-23(13-18(24)22-15-7-6-10-17(11-15)27-2)20(26)12-21-19(25)14-28-16-8-4-3-5-9-16/h3-11H,12-14H2,1-2H3,(H,21,25)(H,22,24). The van der Waals surface area contributed by atoms with Gasteiger partial charge in [0.05, 0.1) is 20.2 Å². The Balaban J connectivity index is 1.71. The second-order valence-corrected chi connectivity index (χ2v) is 5.91. The first kappa shape index (κ1) is 20.8. The first-order chi connectivity index (χ1) is 13.5. The highest BCUT2D eigenvalue weighted by atomic mass is 16.5. The van der Waals surface area contributed by atoms with Crippen molar-refractivity contribution < 1.29 is 23.9 Å². The Morgan fingerprint density at radius 2 is 1.68 bits per heavy atom. The molecule has 0 aromatic heterocycles. The Bertz CT molecular complexity index is 810. The van der Waals surface area contributed by atoms with Crippen molar-refractivity contribution in [2.45, 2.75) is 0 Å². The van der Waals surface area contributed by atoms with Crippen LogP contribution in [-0.2, 0) is 14.4 Å². The number of nitrogens with zero attached hydrogens (tertiary/aromatic N) is 1. The van der Waals surface area contributed by atoms with Gasteiger partial charge in [-0.3, -0.25) is 14.4 Å². The van der Waals surface area contributed by atoms with Crippen LogP contribution in [0.5, 0.6) is 11.5 Å². The SMILES string of the molecule is COc1cccc(NC(=O)CN(C)C(=O)CNC(=O)COc2ccccc2)c1. The van der Waals surface area contributed by atoms with Gasteiger partial charge in [-0.1, -0.05) is 24.3 Å². The zero-order chi connectivity index (χ0) is 20.4. The molecule has 8 heteroatoms. The van der Waals surface area contributed by atoms with E-state index in [1.807, 2.05) is 6.07 Å². The molecule has 0 bridgehead atoms. The molecule has 0 spiro atoms. The van der Waals surface area contributed by atoms with Crippen LogP contribution in [0.1, 0.15) is 0 Å². The highest BCUT2D eigenvalue weighted by Crippen LogP contribution is 2.16. The number of anilines is 1. The first-order valence-electron chi connectivity index (χ1n) is 8.60. The van der Waals surface area contributed by atoms with Gasteiger partial charge in [-0.25, -0.2) is 0 Å². The third-order valence-corrected chi connectivity index (χ3v) is 3.71. The average Bonchev–Trinajstić information content (AvgIpc) is 2.71. The molecule has 2 rings (SSSR count). The lowest BCUT2D eigenvalue weighted by molar-refractivity contribution is -0.134. The lowest BCUT2D eigenvalue weighted by atomic mass is 10.3. The quantitative estimate of drug-likeness (QED) is 0.678. The fourth-order valence-corrected chi connectivity index (χ4v) is 2.23. The topological polar surface area (TPSA) is 97.0 Å². The van der Waals surface area contributed by atoms with Gasteiger partial charge in [-0.2, -0.15) is 0 Å². The number of carbonyl (C=O) groups is 3. The van der Waals surface area contributed by atoms with Crippen molar-refractivity contribution in [2.24, 2.45) is 0 Å². The van der Waals surface area contributed by atoms with E-state index in [0.29, 0.717) is 17.2 Å². The summed E-state index contributed by atoms with van der Waals surface area (Å²) < 4.78 is 10.4. The predicted octanol–water partition coefficient (Wildman–Crippen LogP) is 1.29. The molecule has 0 aliphatic carbocycles. The van der Waals surface area contributed by atoms with Gasteiger partial charge in [0.2, 0.25) is 11.8 Å². The second-order valence-electron chi connectivity index (χ2n) is 5.91. The van der Waals surface area contributed by atoms with E-state index in [1.54, 1.807) is 48.5 Å². The Hall–Kier alpha value is -3.55. The average molecular weight is 385 g/mol. The summed E-state index contributed by atoms with van der Waals surface area (Å²) >= 11 is 0. The molecule has 2 aromatic rings. The minimum atomic E-state index is -0.425. The summed E-state index contributed by atoms with van der Waals surface area (Å²) in [6, 6.07) is 15.8. The third-order valence-electron chi connectivity index (χ3n) is 3.71. The first-order valence-corrected chi connectivity index (χ1v) is 8.60. The summed E-state index contributed by atoms with van der Waals surface area (Å²) in [4.78, 5) is 37.2. The van der Waals surface area contributed by atoms with E-state index in [2.05, 4.69) is 10.6 Å². The number of hydrogen-bond donors (Lipinski definition) is 2. The van der Waals surface area contributed by atoms with Crippen LogP contribution in [0.3, 0.4) is 0 Å². The highest BCUT2D eigenvalue weighted by molar-refractivity contribution is 5.95. The molecule has 0 atom stereocenters. The van der Waals surface area contributed by atoms with Gasteiger partial charge in [0.15, 0.2) is 6.61 Å². The molecule has 148 valence electrons. The van der Waals surface area contributed by atoms with Gasteiger partial charge in [0, 0.05) is 18.8 Å². The Morgan fingerprint density at radius 1 is 0.964 bits per heavy atom. The van der Waals surface area contributed by atoms with E-state index in [1.165, 1.54) is 19.1 Å². The lowest BCUT2D eigenvalue weighted by Crippen LogP contribution is -2.42. The summed E-state index contributed by atoms with van der Waals surface area (Å²) in [5.74, 6) is 0.00102. The van der Waals surface area contributed by atoms with E-state index < -0.39 is 11.8 Å². The van der Waals surface area contributed by atoms with Gasteiger partial charge in [0.25, 0.3) is 5.91 Å². The zero-order valence-corrected chi connectivity index (χ0v) is 15.8. The molecule has 0 fully saturated rings. The molecule has 0 saturated heterocycles. The van der Waals surface area contributed by atoms with Crippen molar-refractivity contribution in [3.8, 4) is 11.5 Å². The zero-order valence-electron chi connectivity index (χ0n) is 15.8. The maximum Gasteiger partial charge on any atom is 0.258 e. The molecule has 28 heavy (non-hydrogen) atoms. The number of rotatable bonds is 9. The van der Waals surface area contributed by atoms with Crippen LogP contribution in [0, 0.1) is 0 Å². The van der Waals surface area contributed by atoms with Crippen LogP contribution in [0.4, 0.5) is 5.69 Å². The Kier molecular flexibility index (Phi) is 7.83. The smallest absolute Gasteiger partial charge is 0.258 e. The van der Waals surface area contributed by atoms with Crippen molar-refractivity contribution in [3.05, 3.63) is 54.6 Å². The summed E-state index contributed by atoms with van der Waals surface area (Å²) in [7, 11) is 3.02. The Labute approximate surface area is 163 Å². The molecular formula is C20H23N3O5. The molecule has 0 saturated carbocycles. The highest BCUT2D eigenvalue weighted by Gasteiger charge is 2.14. The van der Waals surface area contributed by atoms with Crippen LogP contribution in [0.2, 0.25) is 0 Å². The normalized spacial score (nSPS) is 9.93. The monoisotopic (exact) mass is 385 g/mol. The molecule has 0 heterocycles. The molecule has 2 aromatic carbocycles. The summed E-state index contributed by atoms with van der Waals surface area (Å²) in [6.07, 6.45) is 0. The molecule has 2 N–H and O–H groups in total. The largest absolute Gasteiger partial charge is 0.497 e. The molecule has 0 aliphatic rings.